The Morgan fingerprint density at radius 3 is 2.64 bits per heavy atom. The van der Waals surface area contributed by atoms with Gasteiger partial charge in [-0.05, 0) is 13.0 Å². The van der Waals surface area contributed by atoms with Gasteiger partial charge < -0.3 is 10.2 Å². The zero-order chi connectivity index (χ0) is 10.8. The molecule has 6 heteroatoms. The van der Waals surface area contributed by atoms with Crippen molar-refractivity contribution in [1.29, 1.82) is 0 Å². The van der Waals surface area contributed by atoms with Crippen LogP contribution in [-0.2, 0) is 14.6 Å². The highest BCUT2D eigenvalue weighted by Crippen LogP contribution is 2.06. The Bertz CT molecular complexity index is 307. The Morgan fingerprint density at radius 1 is 1.57 bits per heavy atom. The lowest BCUT2D eigenvalue weighted by atomic mass is 10.2. The first kappa shape index (κ1) is 11.5. The molecule has 14 heavy (non-hydrogen) atoms. The topological polar surface area (TPSA) is 66.5 Å². The number of carbonyl (C=O) groups excluding carboxylic acids is 1. The van der Waals surface area contributed by atoms with Gasteiger partial charge in [-0.15, -0.1) is 0 Å². The molecule has 0 aliphatic carbocycles. The smallest absolute Gasteiger partial charge is 0.237 e. The third-order valence-electron chi connectivity index (χ3n) is 2.36. The Balaban J connectivity index is 2.51. The predicted octanol–water partition coefficient (Wildman–Crippen LogP) is -1.15. The van der Waals surface area contributed by atoms with E-state index in [1.165, 1.54) is 4.90 Å². The lowest BCUT2D eigenvalue weighted by Crippen LogP contribution is -2.41. The Morgan fingerprint density at radius 2 is 2.21 bits per heavy atom. The molecule has 0 saturated carbocycles. The standard InChI is InChI=1S/C8H16N2O3S/c1-10(7-3-4-9-5-7)8(11)6-14(2,12)13/h7,9H,3-6H2,1-2H3. The van der Waals surface area contributed by atoms with Crippen LogP contribution < -0.4 is 5.32 Å². The molecule has 5 nitrogen and oxygen atoms in total. The van der Waals surface area contributed by atoms with E-state index in [9.17, 15) is 13.2 Å². The number of nitrogens with zero attached hydrogens (tertiary/aromatic N) is 1. The fraction of sp³-hybridized carbons (Fsp3) is 0.875. The molecule has 1 N–H and O–H groups in total. The van der Waals surface area contributed by atoms with Gasteiger partial charge in [0.05, 0.1) is 0 Å². The monoisotopic (exact) mass is 220 g/mol. The van der Waals surface area contributed by atoms with Crippen LogP contribution in [0.25, 0.3) is 0 Å². The van der Waals surface area contributed by atoms with Gasteiger partial charge in [0.25, 0.3) is 0 Å². The highest BCUT2D eigenvalue weighted by molar-refractivity contribution is 7.91. The van der Waals surface area contributed by atoms with E-state index >= 15 is 0 Å². The highest BCUT2D eigenvalue weighted by Gasteiger charge is 2.24. The number of carbonyl (C=O) groups is 1. The number of nitrogens with one attached hydrogen (secondary N) is 1. The van der Waals surface area contributed by atoms with Gasteiger partial charge >= 0.3 is 0 Å². The SMILES string of the molecule is CN(C(=O)CS(C)(=O)=O)C1CCNC1. The van der Waals surface area contributed by atoms with Crippen LogP contribution in [0.2, 0.25) is 0 Å². The van der Waals surface area contributed by atoms with E-state index < -0.39 is 9.84 Å². The van der Waals surface area contributed by atoms with Crippen molar-refractivity contribution in [2.75, 3.05) is 32.1 Å². The minimum atomic E-state index is -3.21. The number of likely N-dealkylation sites (N-methyl/N-ethyl adjacent to an activating group) is 1. The maximum atomic E-state index is 11.5. The third-order valence-corrected chi connectivity index (χ3v) is 3.13. The maximum Gasteiger partial charge on any atom is 0.237 e. The second-order valence-electron chi connectivity index (χ2n) is 3.72. The van der Waals surface area contributed by atoms with E-state index in [4.69, 9.17) is 0 Å². The third kappa shape index (κ3) is 3.26. The summed E-state index contributed by atoms with van der Waals surface area (Å²) in [5, 5.41) is 3.13. The zero-order valence-electron chi connectivity index (χ0n) is 8.49. The molecular weight excluding hydrogens is 204 g/mol. The minimum absolute atomic E-state index is 0.143. The van der Waals surface area contributed by atoms with Crippen molar-refractivity contribution in [2.45, 2.75) is 12.5 Å². The molecular formula is C8H16N2O3S. The van der Waals surface area contributed by atoms with E-state index in [-0.39, 0.29) is 17.7 Å². The van der Waals surface area contributed by atoms with Crippen LogP contribution in [0.5, 0.6) is 0 Å². The van der Waals surface area contributed by atoms with Crippen molar-refractivity contribution in [3.63, 3.8) is 0 Å². The quantitative estimate of drug-likeness (QED) is 0.652. The summed E-state index contributed by atoms with van der Waals surface area (Å²) >= 11 is 0. The molecule has 1 rings (SSSR count). The lowest BCUT2D eigenvalue weighted by Gasteiger charge is -2.23. The molecule has 1 saturated heterocycles. The van der Waals surface area contributed by atoms with E-state index in [0.717, 1.165) is 25.8 Å². The van der Waals surface area contributed by atoms with Crippen molar-refractivity contribution in [1.82, 2.24) is 10.2 Å². The largest absolute Gasteiger partial charge is 0.341 e. The van der Waals surface area contributed by atoms with Crippen molar-refractivity contribution >= 4 is 15.7 Å². The Kier molecular flexibility index (Phi) is 3.49. The lowest BCUT2D eigenvalue weighted by molar-refractivity contribution is -0.128. The second-order valence-corrected chi connectivity index (χ2v) is 5.86. The Labute approximate surface area is 84.4 Å². The van der Waals surface area contributed by atoms with Crippen molar-refractivity contribution < 1.29 is 13.2 Å². The molecule has 0 spiro atoms. The average Bonchev–Trinajstić information content (AvgIpc) is 2.51. The van der Waals surface area contributed by atoms with Gasteiger partial charge in [0.2, 0.25) is 5.91 Å². The molecule has 1 aliphatic rings. The summed E-state index contributed by atoms with van der Waals surface area (Å²) in [7, 11) is -1.55. The maximum absolute atomic E-state index is 11.5. The molecule has 1 aliphatic heterocycles. The van der Waals surface area contributed by atoms with Crippen molar-refractivity contribution in [3.05, 3.63) is 0 Å². The van der Waals surface area contributed by atoms with E-state index in [1.54, 1.807) is 7.05 Å². The van der Waals surface area contributed by atoms with Gasteiger partial charge in [-0.3, -0.25) is 4.79 Å². The molecule has 0 radical (unpaired) electrons. The molecule has 82 valence electrons. The molecule has 0 bridgehead atoms. The van der Waals surface area contributed by atoms with Crippen LogP contribution in [0.15, 0.2) is 0 Å². The summed E-state index contributed by atoms with van der Waals surface area (Å²) in [5.74, 6) is -0.707. The molecule has 1 fully saturated rings. The Hall–Kier alpha value is -0.620. The minimum Gasteiger partial charge on any atom is -0.341 e. The summed E-state index contributed by atoms with van der Waals surface area (Å²) in [4.78, 5) is 13.0. The molecule has 1 heterocycles. The fourth-order valence-electron chi connectivity index (χ4n) is 1.50. The van der Waals surface area contributed by atoms with Crippen LogP contribution >= 0.6 is 0 Å². The highest BCUT2D eigenvalue weighted by atomic mass is 32.2. The van der Waals surface area contributed by atoms with Gasteiger partial charge in [0.15, 0.2) is 9.84 Å². The first-order chi connectivity index (χ1) is 6.40. The number of hydrogen-bond donors (Lipinski definition) is 1. The second kappa shape index (κ2) is 4.27. The summed E-state index contributed by atoms with van der Waals surface area (Å²) in [5.41, 5.74) is 0. The summed E-state index contributed by atoms with van der Waals surface area (Å²) < 4.78 is 21.8. The summed E-state index contributed by atoms with van der Waals surface area (Å²) in [6.45, 7) is 1.65. The molecule has 0 aromatic heterocycles. The van der Waals surface area contributed by atoms with Crippen LogP contribution in [0, 0.1) is 0 Å². The normalized spacial score (nSPS) is 22.3. The zero-order valence-corrected chi connectivity index (χ0v) is 9.30. The van der Waals surface area contributed by atoms with E-state index in [1.807, 2.05) is 0 Å². The van der Waals surface area contributed by atoms with Crippen LogP contribution in [0.3, 0.4) is 0 Å². The first-order valence-electron chi connectivity index (χ1n) is 4.54. The van der Waals surface area contributed by atoms with Crippen LogP contribution in [0.1, 0.15) is 6.42 Å². The van der Waals surface area contributed by atoms with Crippen molar-refractivity contribution in [2.24, 2.45) is 0 Å². The van der Waals surface area contributed by atoms with Crippen LogP contribution in [0.4, 0.5) is 0 Å². The van der Waals surface area contributed by atoms with Gasteiger partial charge in [-0.2, -0.15) is 0 Å². The number of sulfone groups is 1. The van der Waals surface area contributed by atoms with Crippen molar-refractivity contribution in [3.8, 4) is 0 Å². The molecule has 0 aromatic carbocycles. The van der Waals surface area contributed by atoms with Gasteiger partial charge in [0.1, 0.15) is 5.75 Å². The molecule has 0 aromatic rings. The predicted molar refractivity (Wildman–Crippen MR) is 53.8 cm³/mol. The van der Waals surface area contributed by atoms with E-state index in [0.29, 0.717) is 0 Å². The van der Waals surface area contributed by atoms with Crippen LogP contribution in [-0.4, -0.2) is 57.4 Å². The van der Waals surface area contributed by atoms with Gasteiger partial charge in [-0.1, -0.05) is 0 Å². The first-order valence-corrected chi connectivity index (χ1v) is 6.60. The van der Waals surface area contributed by atoms with Gasteiger partial charge in [0, 0.05) is 25.9 Å². The number of hydrogen-bond acceptors (Lipinski definition) is 4. The van der Waals surface area contributed by atoms with Gasteiger partial charge in [-0.25, -0.2) is 8.42 Å². The molecule has 1 unspecified atom stereocenters. The number of amides is 1. The van der Waals surface area contributed by atoms with E-state index in [2.05, 4.69) is 5.32 Å². The average molecular weight is 220 g/mol. The molecule has 1 atom stereocenters. The number of rotatable bonds is 3. The summed E-state index contributed by atoms with van der Waals surface area (Å²) in [6, 6.07) is 0.143. The molecule has 1 amide bonds. The fourth-order valence-corrected chi connectivity index (χ4v) is 2.15. The summed E-state index contributed by atoms with van der Waals surface area (Å²) in [6.07, 6.45) is 1.97.